The molecule has 0 saturated carbocycles. The first-order chi connectivity index (χ1) is 9.75. The highest BCUT2D eigenvalue weighted by Gasteiger charge is 2.25. The molecule has 0 bridgehead atoms. The third kappa shape index (κ3) is 1.46. The summed E-state index contributed by atoms with van der Waals surface area (Å²) in [5.41, 5.74) is 4.33. The van der Waals surface area contributed by atoms with Crippen LogP contribution in [-0.2, 0) is 6.42 Å². The van der Waals surface area contributed by atoms with Crippen molar-refractivity contribution in [3.63, 3.8) is 0 Å². The maximum absolute atomic E-state index is 7.90. The van der Waals surface area contributed by atoms with Crippen LogP contribution in [0.1, 0.15) is 20.0 Å². The van der Waals surface area contributed by atoms with Gasteiger partial charge in [-0.1, -0.05) is 18.2 Å². The number of hydrogen-bond donors (Lipinski definition) is 0. The second kappa shape index (κ2) is 3.82. The molecule has 0 amide bonds. The molecule has 4 nitrogen and oxygen atoms in total. The Morgan fingerprint density at radius 2 is 2.11 bits per heavy atom. The van der Waals surface area contributed by atoms with Crippen LogP contribution >= 0.6 is 0 Å². The van der Waals surface area contributed by atoms with Crippen LogP contribution in [0, 0.1) is 0 Å². The summed E-state index contributed by atoms with van der Waals surface area (Å²) in [6, 6.07) is 10.4. The number of benzene rings is 1. The molecule has 4 rings (SSSR count). The van der Waals surface area contributed by atoms with E-state index in [-0.39, 0.29) is 6.04 Å². The van der Waals surface area contributed by atoms with Crippen molar-refractivity contribution < 1.29 is 1.37 Å². The second-order valence-electron chi connectivity index (χ2n) is 4.92. The lowest BCUT2D eigenvalue weighted by molar-refractivity contribution is 0.522. The lowest BCUT2D eigenvalue weighted by atomic mass is 10.0. The number of aromatic nitrogens is 4. The first-order valence-corrected chi connectivity index (χ1v) is 6.42. The predicted octanol–water partition coefficient (Wildman–Crippen LogP) is 2.85. The highest BCUT2D eigenvalue weighted by Crippen LogP contribution is 2.34. The van der Waals surface area contributed by atoms with Crippen molar-refractivity contribution in [2.24, 2.45) is 0 Å². The van der Waals surface area contributed by atoms with Crippen molar-refractivity contribution >= 4 is 0 Å². The summed E-state index contributed by atoms with van der Waals surface area (Å²) >= 11 is 0. The Bertz CT molecular complexity index is 773. The molecule has 0 aliphatic carbocycles. The fourth-order valence-corrected chi connectivity index (χ4v) is 2.75. The van der Waals surface area contributed by atoms with E-state index in [1.165, 1.54) is 5.69 Å². The average Bonchev–Trinajstić information content (AvgIpc) is 3.04. The average molecular weight is 251 g/mol. The van der Waals surface area contributed by atoms with Gasteiger partial charge in [0.1, 0.15) is 1.37 Å². The van der Waals surface area contributed by atoms with Gasteiger partial charge >= 0.3 is 0 Å². The molecule has 3 heterocycles. The Morgan fingerprint density at radius 1 is 1.26 bits per heavy atom. The number of nitrogens with zero attached hydrogens (tertiary/aromatic N) is 4. The van der Waals surface area contributed by atoms with E-state index in [9.17, 15) is 0 Å². The normalized spacial score (nSPS) is 17.7. The molecule has 3 aromatic rings. The summed E-state index contributed by atoms with van der Waals surface area (Å²) in [7, 11) is 0. The third-order valence-corrected chi connectivity index (χ3v) is 3.69. The van der Waals surface area contributed by atoms with E-state index in [2.05, 4.69) is 29.1 Å². The second-order valence-corrected chi connectivity index (χ2v) is 4.92. The third-order valence-electron chi connectivity index (χ3n) is 3.69. The number of fused-ring (bicyclic) bond motifs is 3. The Morgan fingerprint density at radius 3 is 2.95 bits per heavy atom. The van der Waals surface area contributed by atoms with E-state index < -0.39 is 0 Å². The topological polar surface area (TPSA) is 35.6 Å². The van der Waals surface area contributed by atoms with Gasteiger partial charge in [0.2, 0.25) is 0 Å². The molecule has 1 aliphatic heterocycles. The number of imidazole rings is 1. The zero-order chi connectivity index (χ0) is 13.7. The Labute approximate surface area is 112 Å². The summed E-state index contributed by atoms with van der Waals surface area (Å²) in [6.07, 6.45) is 4.83. The molecular formula is C15H14N4. The zero-order valence-electron chi connectivity index (χ0n) is 11.6. The quantitative estimate of drug-likeness (QED) is 0.666. The minimum Gasteiger partial charge on any atom is -0.327 e. The van der Waals surface area contributed by atoms with Crippen molar-refractivity contribution in [3.05, 3.63) is 54.7 Å². The van der Waals surface area contributed by atoms with Crippen molar-refractivity contribution in [3.8, 4) is 16.9 Å². The van der Waals surface area contributed by atoms with Gasteiger partial charge < -0.3 is 4.57 Å². The summed E-state index contributed by atoms with van der Waals surface area (Å²) in [4.78, 5) is 4.12. The summed E-state index contributed by atoms with van der Waals surface area (Å²) in [5.74, 6) is 0. The van der Waals surface area contributed by atoms with Crippen molar-refractivity contribution in [1.29, 1.82) is 0 Å². The van der Waals surface area contributed by atoms with E-state index in [1.54, 1.807) is 6.20 Å². The number of para-hydroxylation sites is 1. The van der Waals surface area contributed by atoms with E-state index in [0.717, 1.165) is 23.4 Å². The SMILES string of the molecule is [2H]c1ncc2n1C(C)Cc1c-2cnn1-c1ccccc1. The standard InChI is InChI=1S/C15H14N4/c1-11-7-14-13(15-9-16-10-18(11)15)8-17-19(14)12-5-3-2-4-6-12/h2-6,8-11H,7H2,1H3/i10D. The van der Waals surface area contributed by atoms with Crippen LogP contribution in [-0.4, -0.2) is 19.3 Å². The van der Waals surface area contributed by atoms with Gasteiger partial charge in [0.25, 0.3) is 0 Å². The van der Waals surface area contributed by atoms with Gasteiger partial charge in [-0.05, 0) is 19.1 Å². The fraction of sp³-hybridized carbons (Fsp3) is 0.200. The number of hydrogen-bond acceptors (Lipinski definition) is 2. The van der Waals surface area contributed by atoms with E-state index in [4.69, 9.17) is 1.37 Å². The fourth-order valence-electron chi connectivity index (χ4n) is 2.75. The van der Waals surface area contributed by atoms with Gasteiger partial charge in [-0.2, -0.15) is 5.10 Å². The largest absolute Gasteiger partial charge is 0.327 e. The summed E-state index contributed by atoms with van der Waals surface area (Å²) in [5, 5.41) is 4.52. The van der Waals surface area contributed by atoms with Crippen LogP contribution in [0.15, 0.2) is 49.0 Å². The van der Waals surface area contributed by atoms with Gasteiger partial charge in [-0.25, -0.2) is 9.67 Å². The lowest BCUT2D eigenvalue weighted by Crippen LogP contribution is -2.16. The molecular weight excluding hydrogens is 236 g/mol. The minimum absolute atomic E-state index is 0.228. The maximum atomic E-state index is 7.90. The van der Waals surface area contributed by atoms with Gasteiger partial charge in [-0.15, -0.1) is 0 Å². The molecule has 1 aromatic carbocycles. The van der Waals surface area contributed by atoms with Crippen LogP contribution in [0.2, 0.25) is 0 Å². The summed E-state index contributed by atoms with van der Waals surface area (Å²) in [6.45, 7) is 2.12. The molecule has 94 valence electrons. The molecule has 0 radical (unpaired) electrons. The van der Waals surface area contributed by atoms with Gasteiger partial charge in [-0.3, -0.25) is 0 Å². The Hall–Kier alpha value is -2.36. The van der Waals surface area contributed by atoms with Crippen molar-refractivity contribution in [2.75, 3.05) is 0 Å². The highest BCUT2D eigenvalue weighted by atomic mass is 15.3. The maximum Gasteiger partial charge on any atom is 0.104 e. The van der Waals surface area contributed by atoms with E-state index in [1.807, 2.05) is 33.6 Å². The van der Waals surface area contributed by atoms with E-state index >= 15 is 0 Å². The molecule has 19 heavy (non-hydrogen) atoms. The zero-order valence-corrected chi connectivity index (χ0v) is 10.6. The lowest BCUT2D eigenvalue weighted by Gasteiger charge is -2.23. The predicted molar refractivity (Wildman–Crippen MR) is 73.2 cm³/mol. The van der Waals surface area contributed by atoms with E-state index in [0.29, 0.717) is 6.30 Å². The number of rotatable bonds is 1. The first kappa shape index (κ1) is 9.55. The Balaban J connectivity index is 1.93. The molecule has 0 N–H and O–H groups in total. The van der Waals surface area contributed by atoms with Gasteiger partial charge in [0.05, 0.1) is 35.8 Å². The molecule has 1 aliphatic rings. The van der Waals surface area contributed by atoms with Crippen LogP contribution in [0.4, 0.5) is 0 Å². The molecule has 2 aromatic heterocycles. The molecule has 0 spiro atoms. The Kier molecular flexibility index (Phi) is 1.92. The molecule has 0 saturated heterocycles. The van der Waals surface area contributed by atoms with Crippen molar-refractivity contribution in [1.82, 2.24) is 19.3 Å². The monoisotopic (exact) mass is 251 g/mol. The molecule has 1 unspecified atom stereocenters. The molecule has 0 fully saturated rings. The highest BCUT2D eigenvalue weighted by molar-refractivity contribution is 5.64. The molecule has 1 atom stereocenters. The van der Waals surface area contributed by atoms with Crippen molar-refractivity contribution in [2.45, 2.75) is 19.4 Å². The minimum atomic E-state index is 0.228. The van der Waals surface area contributed by atoms with Crippen LogP contribution in [0.3, 0.4) is 0 Å². The van der Waals surface area contributed by atoms with Crippen LogP contribution < -0.4 is 0 Å². The summed E-state index contributed by atoms with van der Waals surface area (Å²) < 4.78 is 11.9. The van der Waals surface area contributed by atoms with Crippen LogP contribution in [0.25, 0.3) is 16.9 Å². The van der Waals surface area contributed by atoms with Crippen LogP contribution in [0.5, 0.6) is 0 Å². The van der Waals surface area contributed by atoms with Gasteiger partial charge in [0.15, 0.2) is 0 Å². The first-order valence-electron chi connectivity index (χ1n) is 6.92. The van der Waals surface area contributed by atoms with Gasteiger partial charge in [0, 0.05) is 18.0 Å². The smallest absolute Gasteiger partial charge is 0.104 e. The molecule has 4 heteroatoms.